The van der Waals surface area contributed by atoms with E-state index in [-0.39, 0.29) is 54.4 Å². The maximum atomic E-state index is 13.1. The molecule has 0 radical (unpaired) electrons. The summed E-state index contributed by atoms with van der Waals surface area (Å²) in [5, 5.41) is 10.00. The van der Waals surface area contributed by atoms with Crippen molar-refractivity contribution in [1.82, 2.24) is 0 Å². The van der Waals surface area contributed by atoms with Crippen molar-refractivity contribution in [2.24, 2.45) is 23.7 Å². The van der Waals surface area contributed by atoms with E-state index in [4.69, 9.17) is 14.2 Å². The summed E-state index contributed by atoms with van der Waals surface area (Å²) < 4.78 is 17.6. The second-order valence-corrected chi connectivity index (χ2v) is 12.1. The number of aliphatic hydroxyl groups excluding tert-OH is 1. The van der Waals surface area contributed by atoms with E-state index in [2.05, 4.69) is 32.1 Å². The molecule has 0 spiro atoms. The Morgan fingerprint density at radius 3 is 2.51 bits per heavy atom. The monoisotopic (exact) mass is 510 g/mol. The van der Waals surface area contributed by atoms with Crippen molar-refractivity contribution < 1.29 is 28.9 Å². The van der Waals surface area contributed by atoms with Gasteiger partial charge in [0.2, 0.25) is 0 Å². The first-order valence-electron chi connectivity index (χ1n) is 13.7. The Balaban J connectivity index is 1.42. The number of hydrogen-bond donors (Lipinski definition) is 1. The zero-order valence-electron chi connectivity index (χ0n) is 22.8. The summed E-state index contributed by atoms with van der Waals surface area (Å²) in [5.74, 6) is 1.27. The molecule has 4 rings (SSSR count). The maximum absolute atomic E-state index is 13.1. The quantitative estimate of drug-likeness (QED) is 0.483. The molecule has 1 aromatic rings. The number of cyclic esters (lactones) is 1. The zero-order valence-corrected chi connectivity index (χ0v) is 22.8. The van der Waals surface area contributed by atoms with Crippen molar-refractivity contribution in [3.63, 3.8) is 0 Å². The summed E-state index contributed by atoms with van der Waals surface area (Å²) >= 11 is 0. The first-order chi connectivity index (χ1) is 17.5. The molecule has 6 heteroatoms. The van der Waals surface area contributed by atoms with Crippen LogP contribution in [0.2, 0.25) is 0 Å². The van der Waals surface area contributed by atoms with Crippen LogP contribution in [0.15, 0.2) is 48.1 Å². The van der Waals surface area contributed by atoms with Crippen LogP contribution in [-0.4, -0.2) is 41.0 Å². The molecule has 0 amide bonds. The molecule has 1 aliphatic heterocycles. The number of benzene rings is 1. The van der Waals surface area contributed by atoms with Crippen LogP contribution in [0.3, 0.4) is 0 Å². The summed E-state index contributed by atoms with van der Waals surface area (Å²) in [6.45, 7) is 10.4. The number of ether oxygens (including phenoxy) is 3. The smallest absolute Gasteiger partial charge is 0.310 e. The highest BCUT2D eigenvalue weighted by Gasteiger charge is 2.42. The van der Waals surface area contributed by atoms with Crippen molar-refractivity contribution in [1.29, 1.82) is 0 Å². The van der Waals surface area contributed by atoms with Crippen molar-refractivity contribution in [2.75, 3.05) is 0 Å². The normalized spacial score (nSPS) is 31.7. The molecular weight excluding hydrogens is 468 g/mol. The highest BCUT2D eigenvalue weighted by Crippen LogP contribution is 2.45. The van der Waals surface area contributed by atoms with E-state index < -0.39 is 6.10 Å². The van der Waals surface area contributed by atoms with E-state index in [0.717, 1.165) is 24.2 Å². The molecule has 0 unspecified atom stereocenters. The number of carbonyl (C=O) groups excluding carboxylic acids is 2. The van der Waals surface area contributed by atoms with Crippen LogP contribution in [0.25, 0.3) is 0 Å². The van der Waals surface area contributed by atoms with Gasteiger partial charge >= 0.3 is 11.9 Å². The van der Waals surface area contributed by atoms with E-state index in [1.165, 1.54) is 5.57 Å². The van der Waals surface area contributed by atoms with Crippen LogP contribution in [-0.2, 0) is 25.5 Å². The molecule has 1 aromatic carbocycles. The molecule has 1 fully saturated rings. The molecule has 6 nitrogen and oxygen atoms in total. The predicted molar refractivity (Wildman–Crippen MR) is 142 cm³/mol. The Morgan fingerprint density at radius 2 is 1.84 bits per heavy atom. The Kier molecular flexibility index (Phi) is 8.47. The van der Waals surface area contributed by atoms with Gasteiger partial charge in [-0.3, -0.25) is 9.59 Å². The minimum Gasteiger partial charge on any atom is -0.488 e. The van der Waals surface area contributed by atoms with E-state index >= 15 is 0 Å². The Bertz CT molecular complexity index is 1020. The Morgan fingerprint density at radius 1 is 1.11 bits per heavy atom. The lowest BCUT2D eigenvalue weighted by Crippen LogP contribution is -2.41. The fraction of sp³-hybridized carbons (Fsp3) is 0.613. The van der Waals surface area contributed by atoms with Gasteiger partial charge in [0.25, 0.3) is 0 Å². The predicted octanol–water partition coefficient (Wildman–Crippen LogP) is 5.57. The number of rotatable bonds is 7. The van der Waals surface area contributed by atoms with E-state index in [9.17, 15) is 14.7 Å². The minimum atomic E-state index is -0.622. The molecule has 7 atom stereocenters. The number of allylic oxidation sites excluding steroid dienone is 3. The standard InChI is InChI=1S/C31H42O6/c1-19-14-22-9-6-20(2)26(13-12-25-17-23(32)18-29(34)35-25)30(22)27(15-19)36-28(33)16-21-7-10-24(11-8-21)37-31(3,4)5/h6-11,14,19-20,23,25-27,30,32H,12-13,15-18H2,1-5H3/t19-,20-,23+,25+,26-,27-,30-/m0/s1. The van der Waals surface area contributed by atoms with E-state index in [1.807, 2.05) is 45.0 Å². The molecule has 1 saturated heterocycles. The van der Waals surface area contributed by atoms with Gasteiger partial charge in [0.1, 0.15) is 23.6 Å². The van der Waals surface area contributed by atoms with Gasteiger partial charge in [-0.2, -0.15) is 0 Å². The lowest BCUT2D eigenvalue weighted by atomic mass is 9.65. The van der Waals surface area contributed by atoms with Gasteiger partial charge in [0, 0.05) is 12.3 Å². The van der Waals surface area contributed by atoms with Crippen molar-refractivity contribution in [3.8, 4) is 5.75 Å². The summed E-state index contributed by atoms with van der Waals surface area (Å²) in [6.07, 6.45) is 8.81. The molecule has 37 heavy (non-hydrogen) atoms. The summed E-state index contributed by atoms with van der Waals surface area (Å²) in [4.78, 5) is 24.9. The highest BCUT2D eigenvalue weighted by atomic mass is 16.6. The van der Waals surface area contributed by atoms with Gasteiger partial charge < -0.3 is 19.3 Å². The average Bonchev–Trinajstić information content (AvgIpc) is 2.78. The average molecular weight is 511 g/mol. The fourth-order valence-electron chi connectivity index (χ4n) is 6.04. The summed E-state index contributed by atoms with van der Waals surface area (Å²) in [6, 6.07) is 7.64. The fourth-order valence-corrected chi connectivity index (χ4v) is 6.04. The maximum Gasteiger partial charge on any atom is 0.310 e. The Hall–Kier alpha value is -2.60. The van der Waals surface area contributed by atoms with Crippen LogP contribution >= 0.6 is 0 Å². The van der Waals surface area contributed by atoms with Crippen LogP contribution in [0.5, 0.6) is 5.75 Å². The number of fused-ring (bicyclic) bond motifs is 1. The SMILES string of the molecule is C[C@H]1C=C2C=C[C@H](C)[C@H](CC[C@@H]3C[C@@H](O)CC(=O)O3)[C@H]2[C@@H](OC(=O)Cc2ccc(OC(C)(C)C)cc2)C1. The molecule has 1 heterocycles. The van der Waals surface area contributed by atoms with Gasteiger partial charge in [0.05, 0.1) is 18.9 Å². The van der Waals surface area contributed by atoms with Gasteiger partial charge in [-0.1, -0.05) is 44.2 Å². The van der Waals surface area contributed by atoms with Crippen LogP contribution < -0.4 is 4.74 Å². The number of esters is 2. The van der Waals surface area contributed by atoms with E-state index in [0.29, 0.717) is 24.7 Å². The number of aliphatic hydroxyl groups is 1. The minimum absolute atomic E-state index is 0.0802. The molecule has 0 saturated carbocycles. The lowest BCUT2D eigenvalue weighted by Gasteiger charge is -2.43. The molecular formula is C31H42O6. The molecule has 0 bridgehead atoms. The van der Waals surface area contributed by atoms with Gasteiger partial charge in [-0.15, -0.1) is 0 Å². The van der Waals surface area contributed by atoms with Crippen molar-refractivity contribution in [2.45, 2.75) is 97.1 Å². The second-order valence-electron chi connectivity index (χ2n) is 12.1. The molecule has 2 aliphatic carbocycles. The molecule has 0 aromatic heterocycles. The zero-order chi connectivity index (χ0) is 26.7. The first kappa shape index (κ1) is 27.4. The van der Waals surface area contributed by atoms with Crippen LogP contribution in [0.4, 0.5) is 0 Å². The third-order valence-corrected chi connectivity index (χ3v) is 7.63. The molecule has 3 aliphatic rings. The highest BCUT2D eigenvalue weighted by molar-refractivity contribution is 5.73. The van der Waals surface area contributed by atoms with Crippen molar-refractivity contribution >= 4 is 11.9 Å². The van der Waals surface area contributed by atoms with Crippen LogP contribution in [0, 0.1) is 23.7 Å². The molecule has 1 N–H and O–H groups in total. The molecule has 202 valence electrons. The van der Waals surface area contributed by atoms with Gasteiger partial charge in [-0.25, -0.2) is 0 Å². The summed E-state index contributed by atoms with van der Waals surface area (Å²) in [7, 11) is 0. The first-order valence-corrected chi connectivity index (χ1v) is 13.7. The third kappa shape index (κ3) is 7.47. The number of carbonyl (C=O) groups is 2. The second kappa shape index (κ2) is 11.4. The summed E-state index contributed by atoms with van der Waals surface area (Å²) in [5.41, 5.74) is 1.87. The van der Waals surface area contributed by atoms with Crippen molar-refractivity contribution in [3.05, 3.63) is 53.6 Å². The number of hydrogen-bond acceptors (Lipinski definition) is 6. The Labute approximate surface area is 221 Å². The van der Waals surface area contributed by atoms with Gasteiger partial charge in [-0.05, 0) is 81.1 Å². The van der Waals surface area contributed by atoms with Gasteiger partial charge in [0.15, 0.2) is 0 Å². The van der Waals surface area contributed by atoms with E-state index in [1.54, 1.807) is 0 Å². The largest absolute Gasteiger partial charge is 0.488 e. The third-order valence-electron chi connectivity index (χ3n) is 7.63. The lowest BCUT2D eigenvalue weighted by molar-refractivity contribution is -0.161. The van der Waals surface area contributed by atoms with Crippen LogP contribution in [0.1, 0.15) is 72.3 Å². The topological polar surface area (TPSA) is 82.1 Å².